The van der Waals surface area contributed by atoms with E-state index in [4.69, 9.17) is 0 Å². The lowest BCUT2D eigenvalue weighted by Gasteiger charge is -2.01. The SMILES string of the molecule is O=c1sc2c(F)cccc2n1Cc1ccn(C(F)F)n1. The maximum absolute atomic E-state index is 13.6. The van der Waals surface area contributed by atoms with Gasteiger partial charge in [0.25, 0.3) is 0 Å². The molecular formula is C12H8F3N3OS. The molecule has 0 spiro atoms. The molecule has 0 radical (unpaired) electrons. The molecule has 0 aliphatic rings. The Morgan fingerprint density at radius 2 is 2.10 bits per heavy atom. The molecule has 0 saturated heterocycles. The summed E-state index contributed by atoms with van der Waals surface area (Å²) in [5.41, 5.74) is 0.753. The number of fused-ring (bicyclic) bond motifs is 1. The normalized spacial score (nSPS) is 11.6. The van der Waals surface area contributed by atoms with Gasteiger partial charge in [-0.05, 0) is 18.2 Å². The highest BCUT2D eigenvalue weighted by molar-refractivity contribution is 7.16. The van der Waals surface area contributed by atoms with Crippen LogP contribution in [0.1, 0.15) is 12.2 Å². The molecule has 0 N–H and O–H groups in total. The molecule has 104 valence electrons. The zero-order chi connectivity index (χ0) is 14.3. The van der Waals surface area contributed by atoms with Gasteiger partial charge < -0.3 is 0 Å². The monoisotopic (exact) mass is 299 g/mol. The van der Waals surface area contributed by atoms with Crippen molar-refractivity contribution in [2.75, 3.05) is 0 Å². The van der Waals surface area contributed by atoms with E-state index in [1.807, 2.05) is 0 Å². The highest BCUT2D eigenvalue weighted by Gasteiger charge is 2.13. The maximum Gasteiger partial charge on any atom is 0.333 e. The standard InChI is InChI=1S/C12H8F3N3OS/c13-8-2-1-3-9-10(8)20-12(19)17(9)6-7-4-5-18(16-7)11(14)15/h1-5,11H,6H2. The van der Waals surface area contributed by atoms with Crippen LogP contribution in [0.15, 0.2) is 35.3 Å². The summed E-state index contributed by atoms with van der Waals surface area (Å²) in [5.74, 6) is -0.471. The summed E-state index contributed by atoms with van der Waals surface area (Å²) in [6.07, 6.45) is 1.14. The van der Waals surface area contributed by atoms with Crippen molar-refractivity contribution in [2.45, 2.75) is 13.1 Å². The molecule has 8 heteroatoms. The third-order valence-corrected chi connectivity index (χ3v) is 3.83. The van der Waals surface area contributed by atoms with E-state index >= 15 is 0 Å². The Hall–Kier alpha value is -2.09. The first-order valence-corrected chi connectivity index (χ1v) is 6.48. The van der Waals surface area contributed by atoms with Crippen molar-refractivity contribution in [1.29, 1.82) is 0 Å². The summed E-state index contributed by atoms with van der Waals surface area (Å²) in [7, 11) is 0. The highest BCUT2D eigenvalue weighted by Crippen LogP contribution is 2.21. The van der Waals surface area contributed by atoms with E-state index < -0.39 is 12.4 Å². The van der Waals surface area contributed by atoms with Crippen LogP contribution in [0.2, 0.25) is 0 Å². The Labute approximate surface area is 114 Å². The number of halogens is 3. The number of rotatable bonds is 3. The average molecular weight is 299 g/mol. The fourth-order valence-corrected chi connectivity index (χ4v) is 2.83. The molecule has 0 aliphatic heterocycles. The van der Waals surface area contributed by atoms with E-state index in [0.717, 1.165) is 17.5 Å². The summed E-state index contributed by atoms with van der Waals surface area (Å²) >= 11 is 0.787. The molecule has 0 bridgehead atoms. The van der Waals surface area contributed by atoms with E-state index in [1.54, 1.807) is 6.07 Å². The topological polar surface area (TPSA) is 39.8 Å². The van der Waals surface area contributed by atoms with Crippen LogP contribution in [0, 0.1) is 5.82 Å². The maximum atomic E-state index is 13.6. The van der Waals surface area contributed by atoms with Gasteiger partial charge in [-0.25, -0.2) is 9.07 Å². The quantitative estimate of drug-likeness (QED) is 0.746. The molecule has 0 amide bonds. The molecule has 2 heterocycles. The minimum atomic E-state index is -2.72. The molecule has 20 heavy (non-hydrogen) atoms. The highest BCUT2D eigenvalue weighted by atomic mass is 32.1. The van der Waals surface area contributed by atoms with Crippen LogP contribution in [-0.2, 0) is 6.54 Å². The van der Waals surface area contributed by atoms with Crippen LogP contribution in [0.5, 0.6) is 0 Å². The number of thiazole rings is 1. The van der Waals surface area contributed by atoms with Gasteiger partial charge in [-0.2, -0.15) is 13.9 Å². The van der Waals surface area contributed by atoms with Gasteiger partial charge in [0.15, 0.2) is 0 Å². The second kappa shape index (κ2) is 4.78. The Kier molecular flexibility index (Phi) is 3.09. The number of hydrogen-bond acceptors (Lipinski definition) is 3. The van der Waals surface area contributed by atoms with Crippen molar-refractivity contribution in [3.8, 4) is 0 Å². The van der Waals surface area contributed by atoms with Crippen molar-refractivity contribution in [3.05, 3.63) is 51.6 Å². The van der Waals surface area contributed by atoms with Gasteiger partial charge in [-0.3, -0.25) is 9.36 Å². The molecule has 0 atom stereocenters. The summed E-state index contributed by atoms with van der Waals surface area (Å²) in [6, 6.07) is 5.79. The third kappa shape index (κ3) is 2.11. The van der Waals surface area contributed by atoms with Gasteiger partial charge in [-0.1, -0.05) is 17.4 Å². The van der Waals surface area contributed by atoms with Gasteiger partial charge in [0.1, 0.15) is 5.82 Å². The number of nitrogens with zero attached hydrogens (tertiary/aromatic N) is 3. The van der Waals surface area contributed by atoms with Gasteiger partial charge >= 0.3 is 11.4 Å². The van der Waals surface area contributed by atoms with Crippen LogP contribution >= 0.6 is 11.3 Å². The molecule has 0 aliphatic carbocycles. The number of alkyl halides is 2. The first-order valence-electron chi connectivity index (χ1n) is 5.66. The molecule has 0 unspecified atom stereocenters. The van der Waals surface area contributed by atoms with E-state index in [-0.39, 0.29) is 16.1 Å². The second-order valence-electron chi connectivity index (χ2n) is 4.11. The average Bonchev–Trinajstić information content (AvgIpc) is 2.98. The smallest absolute Gasteiger partial charge is 0.292 e. The Balaban J connectivity index is 2.04. The lowest BCUT2D eigenvalue weighted by Crippen LogP contribution is -2.14. The Bertz CT molecular complexity index is 821. The van der Waals surface area contributed by atoms with Crippen LogP contribution in [0.25, 0.3) is 10.2 Å². The summed E-state index contributed by atoms with van der Waals surface area (Å²) in [5, 5.41) is 3.67. The van der Waals surface area contributed by atoms with Gasteiger partial charge in [0.05, 0.1) is 22.5 Å². The van der Waals surface area contributed by atoms with E-state index in [2.05, 4.69) is 5.10 Å². The molecule has 4 nitrogen and oxygen atoms in total. The van der Waals surface area contributed by atoms with Crippen LogP contribution in [0.4, 0.5) is 13.2 Å². The summed E-state index contributed by atoms with van der Waals surface area (Å²) < 4.78 is 40.5. The molecular weight excluding hydrogens is 291 g/mol. The molecule has 3 rings (SSSR count). The van der Waals surface area contributed by atoms with Crippen molar-refractivity contribution in [3.63, 3.8) is 0 Å². The number of aromatic nitrogens is 3. The first-order chi connectivity index (χ1) is 9.56. The summed E-state index contributed by atoms with van der Waals surface area (Å²) in [6.45, 7) is -2.70. The van der Waals surface area contributed by atoms with Gasteiger partial charge in [-0.15, -0.1) is 0 Å². The van der Waals surface area contributed by atoms with Gasteiger partial charge in [0, 0.05) is 6.20 Å². The number of benzene rings is 1. The van der Waals surface area contributed by atoms with Crippen LogP contribution in [0.3, 0.4) is 0 Å². The molecule has 3 aromatic rings. The number of hydrogen-bond donors (Lipinski definition) is 0. The Morgan fingerprint density at radius 1 is 1.30 bits per heavy atom. The summed E-state index contributed by atoms with van der Waals surface area (Å²) in [4.78, 5) is 11.5. The van der Waals surface area contributed by atoms with Gasteiger partial charge in [0.2, 0.25) is 0 Å². The minimum absolute atomic E-state index is 0.0298. The van der Waals surface area contributed by atoms with E-state index in [0.29, 0.717) is 15.9 Å². The molecule has 0 saturated carbocycles. The molecule has 1 aromatic carbocycles. The van der Waals surface area contributed by atoms with E-state index in [9.17, 15) is 18.0 Å². The van der Waals surface area contributed by atoms with Crippen molar-refractivity contribution in [1.82, 2.24) is 14.3 Å². The molecule has 0 fully saturated rings. The van der Waals surface area contributed by atoms with Crippen molar-refractivity contribution >= 4 is 21.6 Å². The van der Waals surface area contributed by atoms with Crippen LogP contribution in [-0.4, -0.2) is 14.3 Å². The largest absolute Gasteiger partial charge is 0.333 e. The first kappa shape index (κ1) is 12.9. The zero-order valence-electron chi connectivity index (χ0n) is 9.96. The zero-order valence-corrected chi connectivity index (χ0v) is 10.8. The fourth-order valence-electron chi connectivity index (χ4n) is 1.93. The second-order valence-corrected chi connectivity index (χ2v) is 5.07. The van der Waals surface area contributed by atoms with Crippen molar-refractivity contribution < 1.29 is 13.2 Å². The van der Waals surface area contributed by atoms with Crippen molar-refractivity contribution in [2.24, 2.45) is 0 Å². The van der Waals surface area contributed by atoms with Crippen LogP contribution < -0.4 is 4.87 Å². The lowest BCUT2D eigenvalue weighted by atomic mass is 10.3. The lowest BCUT2D eigenvalue weighted by molar-refractivity contribution is 0.0561. The molecule has 2 aromatic heterocycles. The van der Waals surface area contributed by atoms with E-state index in [1.165, 1.54) is 22.8 Å². The third-order valence-electron chi connectivity index (χ3n) is 2.83. The predicted molar refractivity (Wildman–Crippen MR) is 68.6 cm³/mol. The fraction of sp³-hybridized carbons (Fsp3) is 0.167. The predicted octanol–water partition coefficient (Wildman–Crippen LogP) is 2.84. The minimum Gasteiger partial charge on any atom is -0.292 e. The Morgan fingerprint density at radius 3 is 2.80 bits per heavy atom.